The summed E-state index contributed by atoms with van der Waals surface area (Å²) in [4.78, 5) is 22.7. The lowest BCUT2D eigenvalue weighted by Gasteiger charge is -2.08. The van der Waals surface area contributed by atoms with E-state index in [1.165, 1.54) is 0 Å². The van der Waals surface area contributed by atoms with Crippen molar-refractivity contribution in [3.8, 4) is 11.8 Å². The molecule has 0 bridgehead atoms. The largest absolute Gasteiger partial charge is 0.384 e. The summed E-state index contributed by atoms with van der Waals surface area (Å²) in [7, 11) is 0. The van der Waals surface area contributed by atoms with Gasteiger partial charge in [0.25, 0.3) is 5.91 Å². The zero-order valence-corrected chi connectivity index (χ0v) is 12.1. The van der Waals surface area contributed by atoms with E-state index < -0.39 is 0 Å². The molecule has 1 aromatic rings. The second-order valence-corrected chi connectivity index (χ2v) is 4.67. The lowest BCUT2D eigenvalue weighted by Crippen LogP contribution is -2.25. The molecule has 0 aliphatic rings. The molecule has 0 atom stereocenters. The first-order valence-corrected chi connectivity index (χ1v) is 6.81. The van der Waals surface area contributed by atoms with Crippen LogP contribution in [0.4, 0.5) is 0 Å². The zero-order chi connectivity index (χ0) is 15.7. The number of nitrogens with two attached hydrogens (primary N) is 1. The number of aliphatic hydroxyl groups excluding tert-OH is 1. The van der Waals surface area contributed by atoms with Gasteiger partial charge >= 0.3 is 0 Å². The quantitative estimate of drug-likeness (QED) is 0.532. The molecule has 1 aromatic carbocycles. The van der Waals surface area contributed by atoms with Crippen LogP contribution in [0.25, 0.3) is 0 Å². The van der Waals surface area contributed by atoms with Gasteiger partial charge in [0.05, 0.1) is 0 Å². The SMILES string of the molecule is Cc1ccc(C#CCO)cc1C(=O)NCCCCC(N)=O. The summed E-state index contributed by atoms with van der Waals surface area (Å²) in [6.07, 6.45) is 1.70. The Labute approximate surface area is 124 Å². The van der Waals surface area contributed by atoms with Crippen LogP contribution >= 0.6 is 0 Å². The Balaban J connectivity index is 2.58. The molecule has 0 aliphatic carbocycles. The molecule has 21 heavy (non-hydrogen) atoms. The average Bonchev–Trinajstić information content (AvgIpc) is 2.45. The molecule has 1 rings (SSSR count). The van der Waals surface area contributed by atoms with Crippen LogP contribution < -0.4 is 11.1 Å². The number of aliphatic hydroxyl groups is 1. The molecular formula is C16H20N2O3. The first-order chi connectivity index (χ1) is 10.0. The highest BCUT2D eigenvalue weighted by Crippen LogP contribution is 2.10. The number of carbonyl (C=O) groups excluding carboxylic acids is 2. The fourth-order valence-corrected chi connectivity index (χ4v) is 1.81. The highest BCUT2D eigenvalue weighted by atomic mass is 16.2. The van der Waals surface area contributed by atoms with E-state index in [4.69, 9.17) is 10.8 Å². The van der Waals surface area contributed by atoms with Gasteiger partial charge in [-0.3, -0.25) is 9.59 Å². The van der Waals surface area contributed by atoms with Crippen molar-refractivity contribution in [3.63, 3.8) is 0 Å². The highest BCUT2D eigenvalue weighted by molar-refractivity contribution is 5.96. The Morgan fingerprint density at radius 3 is 2.76 bits per heavy atom. The number of primary amides is 1. The number of amides is 2. The molecule has 5 nitrogen and oxygen atoms in total. The van der Waals surface area contributed by atoms with E-state index in [1.54, 1.807) is 6.07 Å². The summed E-state index contributed by atoms with van der Waals surface area (Å²) in [5.41, 5.74) is 7.16. The van der Waals surface area contributed by atoms with Gasteiger partial charge < -0.3 is 16.2 Å². The number of hydrogen-bond donors (Lipinski definition) is 3. The van der Waals surface area contributed by atoms with Gasteiger partial charge in [0.2, 0.25) is 5.91 Å². The van der Waals surface area contributed by atoms with Crippen LogP contribution in [0.5, 0.6) is 0 Å². The number of nitrogens with one attached hydrogen (secondary N) is 1. The predicted molar refractivity (Wildman–Crippen MR) is 80.5 cm³/mol. The molecule has 112 valence electrons. The van der Waals surface area contributed by atoms with Gasteiger partial charge in [0, 0.05) is 24.1 Å². The fourth-order valence-electron chi connectivity index (χ4n) is 1.81. The van der Waals surface area contributed by atoms with Crippen LogP contribution in [0.15, 0.2) is 18.2 Å². The maximum atomic E-state index is 12.1. The third-order valence-corrected chi connectivity index (χ3v) is 2.93. The third kappa shape index (κ3) is 6.11. The second-order valence-electron chi connectivity index (χ2n) is 4.67. The summed E-state index contributed by atoms with van der Waals surface area (Å²) < 4.78 is 0. The Bertz CT molecular complexity index is 571. The normalized spacial score (nSPS) is 9.62. The number of hydrogen-bond acceptors (Lipinski definition) is 3. The first-order valence-electron chi connectivity index (χ1n) is 6.81. The van der Waals surface area contributed by atoms with E-state index >= 15 is 0 Å². The molecule has 2 amide bonds. The molecule has 0 aromatic heterocycles. The second kappa shape index (κ2) is 8.77. The van der Waals surface area contributed by atoms with Gasteiger partial charge in [-0.1, -0.05) is 17.9 Å². The third-order valence-electron chi connectivity index (χ3n) is 2.93. The smallest absolute Gasteiger partial charge is 0.251 e. The molecule has 4 N–H and O–H groups in total. The van der Waals surface area contributed by atoms with Crippen molar-refractivity contribution < 1.29 is 14.7 Å². The molecule has 0 saturated heterocycles. The Morgan fingerprint density at radius 2 is 2.10 bits per heavy atom. The summed E-state index contributed by atoms with van der Waals surface area (Å²) in [5, 5.41) is 11.5. The predicted octanol–water partition coefficient (Wildman–Crippen LogP) is 0.724. The standard InChI is InChI=1S/C16H20N2O3/c1-12-7-8-13(5-4-10-19)11-14(12)16(21)18-9-3-2-6-15(17)20/h7-8,11,19H,2-3,6,9-10H2,1H3,(H2,17,20)(H,18,21). The van der Waals surface area contributed by atoms with Crippen molar-refractivity contribution in [2.45, 2.75) is 26.2 Å². The molecule has 0 heterocycles. The Morgan fingerprint density at radius 1 is 1.33 bits per heavy atom. The van der Waals surface area contributed by atoms with Gasteiger partial charge in [-0.05, 0) is 37.5 Å². The number of unbranched alkanes of at least 4 members (excludes halogenated alkanes) is 1. The molecule has 0 fully saturated rings. The van der Waals surface area contributed by atoms with Crippen LogP contribution in [0, 0.1) is 18.8 Å². The molecule has 0 unspecified atom stereocenters. The summed E-state index contributed by atoms with van der Waals surface area (Å²) in [5.74, 6) is 4.83. The van der Waals surface area contributed by atoms with Crippen LogP contribution in [-0.2, 0) is 4.79 Å². The number of carbonyl (C=O) groups is 2. The zero-order valence-electron chi connectivity index (χ0n) is 12.1. The molecule has 0 saturated carbocycles. The number of aryl methyl sites for hydroxylation is 1. The molecular weight excluding hydrogens is 268 g/mol. The van der Waals surface area contributed by atoms with E-state index in [-0.39, 0.29) is 18.4 Å². The molecule has 0 spiro atoms. The van der Waals surface area contributed by atoms with Crippen molar-refractivity contribution in [2.75, 3.05) is 13.2 Å². The number of rotatable bonds is 6. The van der Waals surface area contributed by atoms with Crippen molar-refractivity contribution >= 4 is 11.8 Å². The van der Waals surface area contributed by atoms with Crippen LogP contribution in [0.3, 0.4) is 0 Å². The van der Waals surface area contributed by atoms with Gasteiger partial charge in [-0.2, -0.15) is 0 Å². The fraction of sp³-hybridized carbons (Fsp3) is 0.375. The van der Waals surface area contributed by atoms with Crippen molar-refractivity contribution in [2.24, 2.45) is 5.73 Å². The number of benzene rings is 1. The summed E-state index contributed by atoms with van der Waals surface area (Å²) in [6.45, 7) is 2.14. The van der Waals surface area contributed by atoms with E-state index in [9.17, 15) is 9.59 Å². The summed E-state index contributed by atoms with van der Waals surface area (Å²) >= 11 is 0. The van der Waals surface area contributed by atoms with Crippen LogP contribution in [0.2, 0.25) is 0 Å². The topological polar surface area (TPSA) is 92.4 Å². The van der Waals surface area contributed by atoms with Gasteiger partial charge in [-0.15, -0.1) is 0 Å². The molecule has 0 aliphatic heterocycles. The maximum absolute atomic E-state index is 12.1. The maximum Gasteiger partial charge on any atom is 0.251 e. The van der Waals surface area contributed by atoms with Crippen LogP contribution in [-0.4, -0.2) is 30.1 Å². The minimum atomic E-state index is -0.327. The lowest BCUT2D eigenvalue weighted by atomic mass is 10.0. The van der Waals surface area contributed by atoms with Gasteiger partial charge in [-0.25, -0.2) is 0 Å². The van der Waals surface area contributed by atoms with Crippen molar-refractivity contribution in [1.82, 2.24) is 5.32 Å². The van der Waals surface area contributed by atoms with E-state index in [0.29, 0.717) is 36.9 Å². The van der Waals surface area contributed by atoms with Crippen molar-refractivity contribution in [3.05, 3.63) is 34.9 Å². The average molecular weight is 288 g/mol. The highest BCUT2D eigenvalue weighted by Gasteiger charge is 2.08. The Hall–Kier alpha value is -2.32. The minimum Gasteiger partial charge on any atom is -0.384 e. The molecule has 5 heteroatoms. The van der Waals surface area contributed by atoms with E-state index in [2.05, 4.69) is 17.2 Å². The summed E-state index contributed by atoms with van der Waals surface area (Å²) in [6, 6.07) is 5.34. The van der Waals surface area contributed by atoms with E-state index in [0.717, 1.165) is 5.56 Å². The monoisotopic (exact) mass is 288 g/mol. The van der Waals surface area contributed by atoms with Crippen molar-refractivity contribution in [1.29, 1.82) is 0 Å². The van der Waals surface area contributed by atoms with Gasteiger partial charge in [0.1, 0.15) is 6.61 Å². The minimum absolute atomic E-state index is 0.167. The van der Waals surface area contributed by atoms with E-state index in [1.807, 2.05) is 19.1 Å². The Kier molecular flexibility index (Phi) is 6.99. The van der Waals surface area contributed by atoms with Crippen LogP contribution in [0.1, 0.15) is 40.7 Å². The first kappa shape index (κ1) is 16.7. The molecule has 0 radical (unpaired) electrons. The lowest BCUT2D eigenvalue weighted by molar-refractivity contribution is -0.118. The van der Waals surface area contributed by atoms with Gasteiger partial charge in [0.15, 0.2) is 0 Å².